The highest BCUT2D eigenvalue weighted by molar-refractivity contribution is 5.78. The zero-order chi connectivity index (χ0) is 14.9. The Balaban J connectivity index is 2.31. The molecule has 0 amide bonds. The minimum absolute atomic E-state index is 0.0120. The predicted molar refractivity (Wildman–Crippen MR) is 67.0 cm³/mol. The average molecular weight is 285 g/mol. The van der Waals surface area contributed by atoms with Gasteiger partial charge in [-0.3, -0.25) is 4.57 Å². The summed E-state index contributed by atoms with van der Waals surface area (Å²) >= 11 is 0. The van der Waals surface area contributed by atoms with Crippen molar-refractivity contribution in [2.75, 3.05) is 6.61 Å². The van der Waals surface area contributed by atoms with Gasteiger partial charge in [-0.25, -0.2) is 4.79 Å². The molecule has 10 heteroatoms. The van der Waals surface area contributed by atoms with E-state index in [4.69, 9.17) is 21.3 Å². The lowest BCUT2D eigenvalue weighted by atomic mass is 10.1. The zero-order valence-electron chi connectivity index (χ0n) is 10.3. The Labute approximate surface area is 112 Å². The number of rotatable bonds is 3. The molecule has 4 atom stereocenters. The minimum Gasteiger partial charge on any atom is -0.394 e. The lowest BCUT2D eigenvalue weighted by Gasteiger charge is -2.16. The topological polar surface area (TPSA) is 169 Å². The first kappa shape index (κ1) is 14.4. The summed E-state index contributed by atoms with van der Waals surface area (Å²) in [6.07, 6.45) is -3.50. The quantitative estimate of drug-likeness (QED) is 0.285. The second-order valence-electron chi connectivity index (χ2n) is 4.24. The smallest absolute Gasteiger partial charge is 0.351 e. The lowest BCUT2D eigenvalue weighted by molar-refractivity contribution is -0.0549. The van der Waals surface area contributed by atoms with Crippen LogP contribution in [0.2, 0.25) is 0 Å². The molecule has 2 rings (SSSR count). The molecule has 0 aromatic carbocycles. The first-order valence-electron chi connectivity index (χ1n) is 5.75. The maximum atomic E-state index is 11.8. The molecule has 1 aliphatic rings. The molecule has 7 N–H and O–H groups in total. The van der Waals surface area contributed by atoms with Gasteiger partial charge in [0.25, 0.3) is 0 Å². The van der Waals surface area contributed by atoms with E-state index in [9.17, 15) is 15.0 Å². The summed E-state index contributed by atoms with van der Waals surface area (Å²) in [7, 11) is 0. The molecule has 2 heterocycles. The molecule has 110 valence electrons. The fourth-order valence-corrected chi connectivity index (χ4v) is 1.90. The molecule has 10 nitrogen and oxygen atoms in total. The maximum absolute atomic E-state index is 11.8. The molecule has 0 aliphatic carbocycles. The fourth-order valence-electron chi connectivity index (χ4n) is 1.90. The number of nitrogens with two attached hydrogens (primary N) is 2. The van der Waals surface area contributed by atoms with Crippen LogP contribution in [-0.4, -0.2) is 55.7 Å². The van der Waals surface area contributed by atoms with Crippen molar-refractivity contribution in [2.45, 2.75) is 24.5 Å². The average Bonchev–Trinajstić information content (AvgIpc) is 2.66. The van der Waals surface area contributed by atoms with Crippen LogP contribution in [0.25, 0.3) is 0 Å². The second-order valence-corrected chi connectivity index (χ2v) is 4.24. The Morgan fingerprint density at radius 2 is 2.15 bits per heavy atom. The van der Waals surface area contributed by atoms with Gasteiger partial charge < -0.3 is 31.5 Å². The molecule has 0 saturated carbocycles. The summed E-state index contributed by atoms with van der Waals surface area (Å²) < 4.78 is 6.19. The third-order valence-corrected chi connectivity index (χ3v) is 2.85. The summed E-state index contributed by atoms with van der Waals surface area (Å²) in [6.45, 7) is -0.483. The highest BCUT2D eigenvalue weighted by atomic mass is 16.6. The van der Waals surface area contributed by atoms with Crippen LogP contribution in [0.1, 0.15) is 6.23 Å². The first-order chi connectivity index (χ1) is 9.43. The number of ether oxygens (including phenoxy) is 1. The highest BCUT2D eigenvalue weighted by Gasteiger charge is 2.43. The molecule has 1 fully saturated rings. The van der Waals surface area contributed by atoms with Crippen LogP contribution in [0, 0.1) is 0 Å². The Bertz CT molecular complexity index is 569. The molecule has 0 radical (unpaired) electrons. The van der Waals surface area contributed by atoms with Crippen molar-refractivity contribution in [3.63, 3.8) is 0 Å². The normalized spacial score (nSPS) is 29.4. The van der Waals surface area contributed by atoms with Crippen LogP contribution in [0.3, 0.4) is 0 Å². The predicted octanol–water partition coefficient (Wildman–Crippen LogP) is -3.24. The van der Waals surface area contributed by atoms with Gasteiger partial charge in [-0.1, -0.05) is 0 Å². The largest absolute Gasteiger partial charge is 0.394 e. The van der Waals surface area contributed by atoms with Crippen LogP contribution in [0.15, 0.2) is 22.1 Å². The number of hydrogen-bond acceptors (Lipinski definition) is 7. The van der Waals surface area contributed by atoms with Gasteiger partial charge in [0.05, 0.1) is 6.61 Å². The van der Waals surface area contributed by atoms with E-state index in [1.807, 2.05) is 0 Å². The monoisotopic (exact) mass is 285 g/mol. The number of aliphatic hydroxyl groups is 3. The summed E-state index contributed by atoms with van der Waals surface area (Å²) in [5, 5.41) is 28.4. The van der Waals surface area contributed by atoms with Gasteiger partial charge in [0.1, 0.15) is 18.3 Å². The minimum atomic E-state index is -1.36. The van der Waals surface area contributed by atoms with Gasteiger partial charge in [-0.15, -0.1) is 0 Å². The number of aliphatic imine (C=N–C) groups is 1. The number of aromatic nitrogens is 2. The Hall–Kier alpha value is -2.01. The summed E-state index contributed by atoms with van der Waals surface area (Å²) in [5.41, 5.74) is 9.57. The van der Waals surface area contributed by atoms with E-state index in [0.717, 1.165) is 4.57 Å². The Morgan fingerprint density at radius 3 is 2.65 bits per heavy atom. The third kappa shape index (κ3) is 2.63. The molecule has 0 bridgehead atoms. The van der Waals surface area contributed by atoms with Crippen molar-refractivity contribution in [3.8, 4) is 0 Å². The van der Waals surface area contributed by atoms with Crippen LogP contribution >= 0.6 is 0 Å². The molecule has 1 saturated heterocycles. The van der Waals surface area contributed by atoms with E-state index in [0.29, 0.717) is 0 Å². The van der Waals surface area contributed by atoms with Crippen LogP contribution in [0.4, 0.5) is 5.82 Å². The molecular formula is C10H15N5O5. The van der Waals surface area contributed by atoms with Crippen molar-refractivity contribution in [1.29, 1.82) is 0 Å². The van der Waals surface area contributed by atoms with Crippen molar-refractivity contribution in [3.05, 3.63) is 22.7 Å². The summed E-state index contributed by atoms with van der Waals surface area (Å²) in [4.78, 5) is 19.0. The number of nitrogens with zero attached hydrogens (tertiary/aromatic N) is 3. The van der Waals surface area contributed by atoms with E-state index in [-0.39, 0.29) is 11.8 Å². The number of guanidine groups is 1. The van der Waals surface area contributed by atoms with Crippen LogP contribution in [-0.2, 0) is 4.74 Å². The molecule has 1 unspecified atom stereocenters. The van der Waals surface area contributed by atoms with Crippen LogP contribution < -0.4 is 17.2 Å². The van der Waals surface area contributed by atoms with Crippen molar-refractivity contribution in [2.24, 2.45) is 16.5 Å². The van der Waals surface area contributed by atoms with Crippen LogP contribution in [0.5, 0.6) is 0 Å². The van der Waals surface area contributed by atoms with Gasteiger partial charge >= 0.3 is 5.69 Å². The van der Waals surface area contributed by atoms with Crippen molar-refractivity contribution >= 4 is 11.8 Å². The third-order valence-electron chi connectivity index (χ3n) is 2.85. The van der Waals surface area contributed by atoms with E-state index < -0.39 is 36.8 Å². The molecule has 0 spiro atoms. The molecule has 1 aromatic rings. The zero-order valence-corrected chi connectivity index (χ0v) is 10.3. The van der Waals surface area contributed by atoms with Gasteiger partial charge in [-0.05, 0) is 6.07 Å². The van der Waals surface area contributed by atoms with E-state index in [2.05, 4.69) is 9.98 Å². The molecule has 1 aliphatic heterocycles. The Morgan fingerprint density at radius 1 is 1.45 bits per heavy atom. The van der Waals surface area contributed by atoms with Gasteiger partial charge in [0.15, 0.2) is 18.0 Å². The fraction of sp³-hybridized carbons (Fsp3) is 0.500. The standard InChI is InChI=1S/C10H15N5O5/c11-9(12)13-5-1-2-15(10(19)14-5)8-7(18)6(17)4(3-16)20-8/h1-2,4,6-8,16-18H,3H2,(H4,11,12,13,14,19)/t4-,6+,7?,8-/m1/s1. The van der Waals surface area contributed by atoms with Gasteiger partial charge in [0, 0.05) is 6.20 Å². The summed E-state index contributed by atoms with van der Waals surface area (Å²) in [6, 6.07) is 1.34. The van der Waals surface area contributed by atoms with Crippen molar-refractivity contribution < 1.29 is 20.1 Å². The summed E-state index contributed by atoms with van der Waals surface area (Å²) in [5.74, 6) is -0.236. The number of hydrogen-bond donors (Lipinski definition) is 5. The van der Waals surface area contributed by atoms with E-state index >= 15 is 0 Å². The van der Waals surface area contributed by atoms with E-state index in [1.54, 1.807) is 0 Å². The van der Waals surface area contributed by atoms with Gasteiger partial charge in [0.2, 0.25) is 0 Å². The highest BCUT2D eigenvalue weighted by Crippen LogP contribution is 2.28. The number of aliphatic hydroxyl groups excluding tert-OH is 3. The molecular weight excluding hydrogens is 270 g/mol. The first-order valence-corrected chi connectivity index (χ1v) is 5.75. The molecule has 1 aromatic heterocycles. The van der Waals surface area contributed by atoms with Crippen molar-refractivity contribution in [1.82, 2.24) is 9.55 Å². The lowest BCUT2D eigenvalue weighted by Crippen LogP contribution is -2.35. The second kappa shape index (κ2) is 5.54. The Kier molecular flexibility index (Phi) is 3.99. The maximum Gasteiger partial charge on any atom is 0.351 e. The van der Waals surface area contributed by atoms with Gasteiger partial charge in [-0.2, -0.15) is 9.98 Å². The SMILES string of the molecule is NC(N)=Nc1ccn([C@@H]2O[C@H](CO)[C@H](O)C2O)c(=O)n1. The molecule has 20 heavy (non-hydrogen) atoms. The van der Waals surface area contributed by atoms with E-state index in [1.165, 1.54) is 12.3 Å².